The van der Waals surface area contributed by atoms with Gasteiger partial charge in [-0.15, -0.1) is 0 Å². The molecule has 0 aliphatic heterocycles. The first-order valence-electron chi connectivity index (χ1n) is 12.1. The van der Waals surface area contributed by atoms with Gasteiger partial charge in [0.1, 0.15) is 0 Å². The Bertz CT molecular complexity index is 1610. The van der Waals surface area contributed by atoms with Crippen molar-refractivity contribution in [2.45, 2.75) is 40.5 Å². The molecule has 0 unspecified atom stereocenters. The van der Waals surface area contributed by atoms with Gasteiger partial charge >= 0.3 is 0 Å². The molecule has 0 saturated carbocycles. The maximum Gasteiger partial charge on any atom is 0.0616 e. The van der Waals surface area contributed by atoms with E-state index < -0.39 is 0 Å². The van der Waals surface area contributed by atoms with Crippen molar-refractivity contribution in [3.05, 3.63) is 101 Å². The van der Waals surface area contributed by atoms with Crippen LogP contribution >= 0.6 is 0 Å². The molecule has 3 heterocycles. The number of aryl methyl sites for hydroxylation is 4. The number of pyridine rings is 2. The molecule has 0 saturated heterocycles. The van der Waals surface area contributed by atoms with Crippen LogP contribution in [0.1, 0.15) is 36.1 Å². The van der Waals surface area contributed by atoms with E-state index in [2.05, 4.69) is 111 Å². The van der Waals surface area contributed by atoms with Crippen molar-refractivity contribution < 1.29 is 0 Å². The zero-order valence-corrected chi connectivity index (χ0v) is 19.9. The van der Waals surface area contributed by atoms with Crippen LogP contribution in [0.4, 0.5) is 0 Å². The van der Waals surface area contributed by atoms with Gasteiger partial charge < -0.3 is 4.40 Å². The minimum atomic E-state index is 1.05. The second kappa shape index (κ2) is 7.49. The molecule has 6 rings (SSSR count). The molecule has 33 heavy (non-hydrogen) atoms. The third-order valence-electron chi connectivity index (χ3n) is 7.30. The molecular weight excluding hydrogens is 398 g/mol. The van der Waals surface area contributed by atoms with Crippen molar-refractivity contribution in [3.8, 4) is 22.3 Å². The molecule has 0 aliphatic carbocycles. The monoisotopic (exact) mass is 427 g/mol. The highest BCUT2D eigenvalue weighted by Gasteiger charge is 2.23. The Morgan fingerprint density at radius 1 is 0.545 bits per heavy atom. The minimum absolute atomic E-state index is 1.05. The number of para-hydroxylation sites is 1. The summed E-state index contributed by atoms with van der Waals surface area (Å²) in [7, 11) is 0. The number of aromatic nitrogens is 1. The maximum atomic E-state index is 2.54. The quantitative estimate of drug-likeness (QED) is 0.265. The van der Waals surface area contributed by atoms with E-state index in [-0.39, 0.29) is 0 Å². The summed E-state index contributed by atoms with van der Waals surface area (Å²) in [6.45, 7) is 8.90. The second-order valence-corrected chi connectivity index (χ2v) is 9.29. The number of rotatable bonds is 4. The molecule has 162 valence electrons. The van der Waals surface area contributed by atoms with Crippen molar-refractivity contribution in [1.29, 1.82) is 0 Å². The number of nitrogens with zero attached hydrogens (tertiary/aromatic N) is 1. The Morgan fingerprint density at radius 2 is 1.09 bits per heavy atom. The summed E-state index contributed by atoms with van der Waals surface area (Å²) in [5.74, 6) is 0. The first-order valence-corrected chi connectivity index (χ1v) is 12.1. The van der Waals surface area contributed by atoms with Gasteiger partial charge in [0.05, 0.1) is 11.0 Å². The summed E-state index contributed by atoms with van der Waals surface area (Å²) < 4.78 is 2.54. The van der Waals surface area contributed by atoms with Gasteiger partial charge in [-0.2, -0.15) is 0 Å². The summed E-state index contributed by atoms with van der Waals surface area (Å²) in [4.78, 5) is 0. The van der Waals surface area contributed by atoms with Crippen molar-refractivity contribution >= 4 is 27.3 Å². The number of hydrogen-bond donors (Lipinski definition) is 0. The lowest BCUT2D eigenvalue weighted by atomic mass is 9.88. The van der Waals surface area contributed by atoms with Crippen LogP contribution in [0.2, 0.25) is 0 Å². The lowest BCUT2D eigenvalue weighted by Crippen LogP contribution is -2.04. The Labute approximate surface area is 195 Å². The van der Waals surface area contributed by atoms with Crippen LogP contribution in [0.5, 0.6) is 0 Å². The zero-order chi connectivity index (χ0) is 22.7. The van der Waals surface area contributed by atoms with Crippen LogP contribution < -0.4 is 0 Å². The van der Waals surface area contributed by atoms with Gasteiger partial charge in [0, 0.05) is 27.4 Å². The normalized spacial score (nSPS) is 11.9. The Hall–Kier alpha value is -3.58. The molecule has 0 aliphatic rings. The lowest BCUT2D eigenvalue weighted by Gasteiger charge is -2.23. The van der Waals surface area contributed by atoms with Gasteiger partial charge in [0.2, 0.25) is 0 Å². The molecule has 0 N–H and O–H groups in total. The summed E-state index contributed by atoms with van der Waals surface area (Å²) >= 11 is 0. The molecule has 0 spiro atoms. The van der Waals surface area contributed by atoms with Gasteiger partial charge in [-0.05, 0) is 61.1 Å². The van der Waals surface area contributed by atoms with E-state index in [1.165, 1.54) is 71.8 Å². The predicted molar refractivity (Wildman–Crippen MR) is 143 cm³/mol. The van der Waals surface area contributed by atoms with Crippen molar-refractivity contribution in [1.82, 2.24) is 4.40 Å². The van der Waals surface area contributed by atoms with Crippen LogP contribution in [0.15, 0.2) is 78.9 Å². The fraction of sp³-hybridized carbons (Fsp3) is 0.188. The third kappa shape index (κ3) is 2.85. The SMILES string of the molecule is CCc1c(CC)c2ccc3c(-c4ccc(C)cc4)c(-c4ccc(C)cc4)c4cccc1c4n23. The van der Waals surface area contributed by atoms with Crippen LogP contribution in [-0.4, -0.2) is 4.40 Å². The highest BCUT2D eigenvalue weighted by molar-refractivity contribution is 6.15. The third-order valence-corrected chi connectivity index (χ3v) is 7.30. The van der Waals surface area contributed by atoms with Gasteiger partial charge in [0.25, 0.3) is 0 Å². The average Bonchev–Trinajstić information content (AvgIpc) is 3.28. The van der Waals surface area contributed by atoms with E-state index in [0.717, 1.165) is 12.8 Å². The molecule has 0 amide bonds. The second-order valence-electron chi connectivity index (χ2n) is 9.29. The summed E-state index contributed by atoms with van der Waals surface area (Å²) in [6, 6.07) is 29.6. The molecule has 0 radical (unpaired) electrons. The molecule has 1 nitrogen and oxygen atoms in total. The molecule has 0 fully saturated rings. The van der Waals surface area contributed by atoms with Crippen molar-refractivity contribution in [2.24, 2.45) is 0 Å². The van der Waals surface area contributed by atoms with E-state index in [4.69, 9.17) is 0 Å². The van der Waals surface area contributed by atoms with E-state index in [9.17, 15) is 0 Å². The molecular formula is C32H29N. The predicted octanol–water partition coefficient (Wildman–Crippen LogP) is 8.76. The minimum Gasteiger partial charge on any atom is -0.308 e. The Balaban J connectivity index is 1.89. The molecule has 6 aromatic rings. The van der Waals surface area contributed by atoms with Crippen LogP contribution in [0.3, 0.4) is 0 Å². The lowest BCUT2D eigenvalue weighted by molar-refractivity contribution is 1.05. The van der Waals surface area contributed by atoms with Crippen LogP contribution in [0.25, 0.3) is 49.6 Å². The van der Waals surface area contributed by atoms with Crippen molar-refractivity contribution in [3.63, 3.8) is 0 Å². The summed E-state index contributed by atoms with van der Waals surface area (Å²) in [5, 5.41) is 2.72. The highest BCUT2D eigenvalue weighted by Crippen LogP contribution is 2.45. The summed E-state index contributed by atoms with van der Waals surface area (Å²) in [6.07, 6.45) is 2.10. The van der Waals surface area contributed by atoms with E-state index in [1.54, 1.807) is 0 Å². The topological polar surface area (TPSA) is 4.41 Å². The number of hydrogen-bond acceptors (Lipinski definition) is 0. The van der Waals surface area contributed by atoms with E-state index >= 15 is 0 Å². The fourth-order valence-corrected chi connectivity index (χ4v) is 5.75. The van der Waals surface area contributed by atoms with Crippen LogP contribution in [0, 0.1) is 13.8 Å². The van der Waals surface area contributed by atoms with Crippen molar-refractivity contribution in [2.75, 3.05) is 0 Å². The zero-order valence-electron chi connectivity index (χ0n) is 19.9. The largest absolute Gasteiger partial charge is 0.308 e. The first kappa shape index (κ1) is 20.1. The van der Waals surface area contributed by atoms with Gasteiger partial charge in [0.15, 0.2) is 0 Å². The maximum absolute atomic E-state index is 2.54. The smallest absolute Gasteiger partial charge is 0.0616 e. The summed E-state index contributed by atoms with van der Waals surface area (Å²) in [5.41, 5.74) is 14.8. The van der Waals surface area contributed by atoms with E-state index in [0.29, 0.717) is 0 Å². The standard InChI is InChI=1S/C32H29N/c1-5-24-25(6-2)28-18-19-29-31(23-16-12-21(4)13-17-23)30(22-14-10-20(3)11-15-22)27-9-7-8-26(24)32(27)33(28)29/h7-19H,5-6H2,1-4H3. The van der Waals surface area contributed by atoms with Gasteiger partial charge in [-0.25, -0.2) is 0 Å². The van der Waals surface area contributed by atoms with Gasteiger partial charge in [-0.3, -0.25) is 0 Å². The van der Waals surface area contributed by atoms with Crippen LogP contribution in [-0.2, 0) is 12.8 Å². The average molecular weight is 428 g/mol. The fourth-order valence-electron chi connectivity index (χ4n) is 5.75. The molecule has 0 atom stereocenters. The number of benzene rings is 3. The van der Waals surface area contributed by atoms with Gasteiger partial charge in [-0.1, -0.05) is 91.7 Å². The highest BCUT2D eigenvalue weighted by atomic mass is 14.9. The van der Waals surface area contributed by atoms with E-state index in [1.807, 2.05) is 0 Å². The molecule has 3 aromatic carbocycles. The molecule has 0 bridgehead atoms. The Kier molecular flexibility index (Phi) is 4.55. The Morgan fingerprint density at radius 3 is 1.70 bits per heavy atom. The molecule has 3 aromatic heterocycles. The first-order chi connectivity index (χ1) is 16.1. The molecule has 1 heteroatoms.